The fourth-order valence-electron chi connectivity index (χ4n) is 4.77. The van der Waals surface area contributed by atoms with Crippen molar-refractivity contribution in [1.29, 1.82) is 0 Å². The second kappa shape index (κ2) is 13.0. The molecule has 208 valence electrons. The van der Waals surface area contributed by atoms with Crippen molar-refractivity contribution in [2.45, 2.75) is 70.6 Å². The molecule has 12 heteroatoms. The number of aromatic nitrogens is 2. The average Bonchev–Trinajstić information content (AvgIpc) is 3.53. The minimum atomic E-state index is -0.626. The number of amides is 3. The Balaban J connectivity index is 1.40. The summed E-state index contributed by atoms with van der Waals surface area (Å²) in [5, 5.41) is 11.7. The van der Waals surface area contributed by atoms with Gasteiger partial charge in [0.2, 0.25) is 11.8 Å². The van der Waals surface area contributed by atoms with Crippen LogP contribution in [0.1, 0.15) is 61.2 Å². The normalized spacial score (nSPS) is 18.5. The Morgan fingerprint density at radius 3 is 2.72 bits per heavy atom. The van der Waals surface area contributed by atoms with Gasteiger partial charge in [-0.25, -0.2) is 4.79 Å². The molecule has 2 aromatic rings. The van der Waals surface area contributed by atoms with E-state index in [4.69, 9.17) is 9.26 Å². The van der Waals surface area contributed by atoms with E-state index in [0.717, 1.165) is 36.7 Å². The van der Waals surface area contributed by atoms with E-state index >= 15 is 0 Å². The highest BCUT2D eigenvalue weighted by atomic mass is 16.5. The number of ether oxygens (including phenoxy) is 1. The van der Waals surface area contributed by atoms with E-state index in [0.29, 0.717) is 25.1 Å². The minimum absolute atomic E-state index is 0.0210. The Hall–Kier alpha value is -4.22. The molecule has 1 saturated carbocycles. The molecular formula is C27H33N5O7. The third-order valence-corrected chi connectivity index (χ3v) is 6.79. The highest BCUT2D eigenvalue weighted by Gasteiger charge is 2.27. The number of aryl methyl sites for hydroxylation is 1. The highest BCUT2D eigenvalue weighted by Crippen LogP contribution is 2.21. The Kier molecular flexibility index (Phi) is 9.29. The molecule has 2 aliphatic rings. The number of pyridine rings is 1. The van der Waals surface area contributed by atoms with Gasteiger partial charge in [0.25, 0.3) is 11.5 Å². The predicted molar refractivity (Wildman–Crippen MR) is 140 cm³/mol. The fourth-order valence-corrected chi connectivity index (χ4v) is 4.77. The van der Waals surface area contributed by atoms with E-state index in [1.165, 1.54) is 36.5 Å². The molecule has 0 aromatic carbocycles. The van der Waals surface area contributed by atoms with Crippen molar-refractivity contribution in [3.8, 4) is 0 Å². The SMILES string of the molecule is Cc1cc(C(=O)Nc2cccn(CC(=O)NC(/C=C/C(=O)OC3CCCCC3)C[C@@H]3CCNC3=O)c2=O)no1. The number of carbonyl (C=O) groups is 4. The van der Waals surface area contributed by atoms with E-state index in [-0.39, 0.29) is 35.9 Å². The van der Waals surface area contributed by atoms with Gasteiger partial charge in [-0.15, -0.1) is 0 Å². The van der Waals surface area contributed by atoms with Gasteiger partial charge in [0.15, 0.2) is 5.69 Å². The molecule has 0 radical (unpaired) electrons. The maximum absolute atomic E-state index is 12.9. The van der Waals surface area contributed by atoms with Crippen molar-refractivity contribution in [3.63, 3.8) is 0 Å². The smallest absolute Gasteiger partial charge is 0.330 e. The Labute approximate surface area is 225 Å². The molecule has 2 aromatic heterocycles. The third-order valence-electron chi connectivity index (χ3n) is 6.79. The van der Waals surface area contributed by atoms with Crippen molar-refractivity contribution >= 4 is 29.4 Å². The van der Waals surface area contributed by atoms with Crippen LogP contribution in [0.3, 0.4) is 0 Å². The summed E-state index contributed by atoms with van der Waals surface area (Å²) in [5.74, 6) is -1.57. The van der Waals surface area contributed by atoms with Crippen molar-refractivity contribution in [2.24, 2.45) is 5.92 Å². The first-order valence-electron chi connectivity index (χ1n) is 13.2. The van der Waals surface area contributed by atoms with E-state index in [9.17, 15) is 24.0 Å². The number of esters is 1. The molecule has 1 aliphatic heterocycles. The summed E-state index contributed by atoms with van der Waals surface area (Å²) in [7, 11) is 0. The van der Waals surface area contributed by atoms with Crippen molar-refractivity contribution < 1.29 is 28.4 Å². The number of nitrogens with one attached hydrogen (secondary N) is 3. The Bertz CT molecular complexity index is 1290. The zero-order chi connectivity index (χ0) is 27.8. The van der Waals surface area contributed by atoms with Crippen molar-refractivity contribution in [2.75, 3.05) is 11.9 Å². The molecule has 1 saturated heterocycles. The molecule has 3 amide bonds. The molecule has 0 bridgehead atoms. The lowest BCUT2D eigenvalue weighted by molar-refractivity contribution is -0.144. The van der Waals surface area contributed by atoms with Gasteiger partial charge in [0.05, 0.1) is 0 Å². The zero-order valence-corrected chi connectivity index (χ0v) is 21.8. The van der Waals surface area contributed by atoms with Crippen LogP contribution in [0.15, 0.2) is 45.9 Å². The first-order valence-corrected chi connectivity index (χ1v) is 13.2. The minimum Gasteiger partial charge on any atom is -0.459 e. The molecule has 2 atom stereocenters. The lowest BCUT2D eigenvalue weighted by Gasteiger charge is -2.21. The molecular weight excluding hydrogens is 506 g/mol. The zero-order valence-electron chi connectivity index (χ0n) is 21.8. The van der Waals surface area contributed by atoms with Gasteiger partial charge in [0, 0.05) is 36.8 Å². The van der Waals surface area contributed by atoms with Crippen LogP contribution < -0.4 is 21.5 Å². The lowest BCUT2D eigenvalue weighted by atomic mass is 9.97. The summed E-state index contributed by atoms with van der Waals surface area (Å²) in [6.07, 6.45) is 9.96. The summed E-state index contributed by atoms with van der Waals surface area (Å²) in [6.45, 7) is 1.86. The maximum atomic E-state index is 12.9. The molecule has 3 N–H and O–H groups in total. The summed E-state index contributed by atoms with van der Waals surface area (Å²) in [6, 6.07) is 3.76. The topological polar surface area (TPSA) is 162 Å². The van der Waals surface area contributed by atoms with E-state index in [2.05, 4.69) is 21.1 Å². The number of rotatable bonds is 10. The van der Waals surface area contributed by atoms with E-state index in [1.807, 2.05) is 0 Å². The van der Waals surface area contributed by atoms with Crippen LogP contribution in [0.2, 0.25) is 0 Å². The fraction of sp³-hybridized carbons (Fsp3) is 0.481. The van der Waals surface area contributed by atoms with Crippen molar-refractivity contribution in [1.82, 2.24) is 20.4 Å². The second-order valence-electron chi connectivity index (χ2n) is 9.87. The summed E-state index contributed by atoms with van der Waals surface area (Å²) >= 11 is 0. The summed E-state index contributed by atoms with van der Waals surface area (Å²) in [4.78, 5) is 62.7. The van der Waals surface area contributed by atoms with Crippen LogP contribution in [-0.4, -0.2) is 52.1 Å². The molecule has 0 spiro atoms. The van der Waals surface area contributed by atoms with Crippen LogP contribution in [-0.2, 0) is 25.7 Å². The third kappa shape index (κ3) is 7.88. The number of nitrogens with zero attached hydrogens (tertiary/aromatic N) is 2. The number of hydrogen-bond acceptors (Lipinski definition) is 8. The van der Waals surface area contributed by atoms with E-state index < -0.39 is 29.4 Å². The quantitative estimate of drug-likeness (QED) is 0.304. The number of anilines is 1. The van der Waals surface area contributed by atoms with Crippen LogP contribution in [0.5, 0.6) is 0 Å². The summed E-state index contributed by atoms with van der Waals surface area (Å²) in [5.41, 5.74) is -0.590. The molecule has 12 nitrogen and oxygen atoms in total. The van der Waals surface area contributed by atoms with Crippen LogP contribution in [0, 0.1) is 12.8 Å². The molecule has 39 heavy (non-hydrogen) atoms. The molecule has 2 fully saturated rings. The van der Waals surface area contributed by atoms with Gasteiger partial charge < -0.3 is 29.8 Å². The number of hydrogen-bond donors (Lipinski definition) is 3. The second-order valence-corrected chi connectivity index (χ2v) is 9.87. The van der Waals surface area contributed by atoms with Crippen LogP contribution >= 0.6 is 0 Å². The molecule has 1 aliphatic carbocycles. The first kappa shape index (κ1) is 27.8. The van der Waals surface area contributed by atoms with Gasteiger partial charge in [0.1, 0.15) is 24.1 Å². The monoisotopic (exact) mass is 539 g/mol. The van der Waals surface area contributed by atoms with Crippen molar-refractivity contribution in [3.05, 3.63) is 58.4 Å². The molecule has 3 heterocycles. The van der Waals surface area contributed by atoms with Gasteiger partial charge in [-0.3, -0.25) is 19.2 Å². The largest absolute Gasteiger partial charge is 0.459 e. The van der Waals surface area contributed by atoms with E-state index in [1.54, 1.807) is 6.92 Å². The lowest BCUT2D eigenvalue weighted by Crippen LogP contribution is -2.40. The van der Waals surface area contributed by atoms with Crippen LogP contribution in [0.4, 0.5) is 5.69 Å². The predicted octanol–water partition coefficient (Wildman–Crippen LogP) is 1.84. The Morgan fingerprint density at radius 1 is 1.23 bits per heavy atom. The molecule has 4 rings (SSSR count). The highest BCUT2D eigenvalue weighted by molar-refractivity contribution is 6.02. The molecule has 1 unspecified atom stereocenters. The van der Waals surface area contributed by atoms with Gasteiger partial charge in [-0.05, 0) is 57.6 Å². The maximum Gasteiger partial charge on any atom is 0.330 e. The van der Waals surface area contributed by atoms with Crippen LogP contribution in [0.25, 0.3) is 0 Å². The van der Waals surface area contributed by atoms with Gasteiger partial charge >= 0.3 is 5.97 Å². The summed E-state index contributed by atoms with van der Waals surface area (Å²) < 4.78 is 11.6. The number of carbonyl (C=O) groups excluding carboxylic acids is 4. The standard InChI is InChI=1S/C27H33N5O7/c1-17-14-22(31-39-17)26(36)30-21-8-5-13-32(27(21)37)16-23(33)29-19(15-18-11-12-28-25(18)35)9-10-24(34)38-20-6-3-2-4-7-20/h5,8-10,13-14,18-20H,2-4,6-7,11-12,15-16H2,1H3,(H,28,35)(H,29,33)(H,30,36)/b10-9+/t18-,19?/m0/s1. The Morgan fingerprint density at radius 2 is 2.03 bits per heavy atom. The first-order chi connectivity index (χ1) is 18.8. The van der Waals surface area contributed by atoms with Gasteiger partial charge in [-0.1, -0.05) is 17.7 Å². The average molecular weight is 540 g/mol. The van der Waals surface area contributed by atoms with Gasteiger partial charge in [-0.2, -0.15) is 0 Å².